The van der Waals surface area contributed by atoms with Crippen molar-refractivity contribution in [1.82, 2.24) is 20.1 Å². The maximum absolute atomic E-state index is 11.8. The smallest absolute Gasteiger partial charge is 0.265 e. The summed E-state index contributed by atoms with van der Waals surface area (Å²) in [5, 5.41) is 3.80. The van der Waals surface area contributed by atoms with Crippen LogP contribution in [0.2, 0.25) is 0 Å². The highest BCUT2D eigenvalue weighted by Crippen LogP contribution is 2.10. The van der Waals surface area contributed by atoms with E-state index in [-0.39, 0.29) is 12.0 Å². The van der Waals surface area contributed by atoms with Crippen LogP contribution in [0.1, 0.15) is 23.0 Å². The van der Waals surface area contributed by atoms with Gasteiger partial charge in [0.05, 0.1) is 6.42 Å². The molecule has 2 aromatic rings. The zero-order chi connectivity index (χ0) is 13.3. The SMILES string of the molecule is Cc1nc(C)c(Cc2nc(N(C)C)no2)c(=O)[nH]1. The van der Waals surface area contributed by atoms with Gasteiger partial charge in [0.15, 0.2) is 0 Å². The zero-order valence-electron chi connectivity index (χ0n) is 10.8. The van der Waals surface area contributed by atoms with Crippen molar-refractivity contribution >= 4 is 5.95 Å². The molecule has 0 aliphatic rings. The molecule has 0 unspecified atom stereocenters. The van der Waals surface area contributed by atoms with E-state index in [0.717, 1.165) is 0 Å². The molecule has 0 aliphatic carbocycles. The van der Waals surface area contributed by atoms with Crippen molar-refractivity contribution < 1.29 is 4.52 Å². The first-order chi connectivity index (χ1) is 8.47. The number of aryl methyl sites for hydroxylation is 2. The lowest BCUT2D eigenvalue weighted by molar-refractivity contribution is 0.384. The van der Waals surface area contributed by atoms with Crippen LogP contribution in [0.25, 0.3) is 0 Å². The van der Waals surface area contributed by atoms with E-state index >= 15 is 0 Å². The van der Waals surface area contributed by atoms with Crippen LogP contribution in [0, 0.1) is 13.8 Å². The van der Waals surface area contributed by atoms with Gasteiger partial charge in [-0.05, 0) is 19.0 Å². The van der Waals surface area contributed by atoms with Gasteiger partial charge in [-0.2, -0.15) is 4.98 Å². The molecule has 0 saturated heterocycles. The van der Waals surface area contributed by atoms with Gasteiger partial charge < -0.3 is 14.4 Å². The van der Waals surface area contributed by atoms with Gasteiger partial charge in [-0.15, -0.1) is 0 Å². The van der Waals surface area contributed by atoms with Crippen LogP contribution in [0.15, 0.2) is 9.32 Å². The summed E-state index contributed by atoms with van der Waals surface area (Å²) >= 11 is 0. The number of aromatic amines is 1. The van der Waals surface area contributed by atoms with Crippen LogP contribution in [0.5, 0.6) is 0 Å². The standard InChI is InChI=1S/C11H15N5O2/c1-6-8(10(17)13-7(2)12-6)5-9-14-11(15-18-9)16(3)4/h5H2,1-4H3,(H,12,13,17). The van der Waals surface area contributed by atoms with Gasteiger partial charge in [-0.25, -0.2) is 4.98 Å². The molecule has 2 rings (SSSR count). The van der Waals surface area contributed by atoms with Gasteiger partial charge in [0.25, 0.3) is 11.5 Å². The Balaban J connectivity index is 2.31. The Bertz CT molecular complexity index is 614. The van der Waals surface area contributed by atoms with Crippen LogP contribution in [-0.2, 0) is 6.42 Å². The van der Waals surface area contributed by atoms with E-state index in [1.54, 1.807) is 18.7 Å². The molecule has 7 heteroatoms. The lowest BCUT2D eigenvalue weighted by atomic mass is 10.1. The number of anilines is 1. The number of hydrogen-bond donors (Lipinski definition) is 1. The average molecular weight is 249 g/mol. The third kappa shape index (κ3) is 2.39. The maximum Gasteiger partial charge on any atom is 0.265 e. The minimum Gasteiger partial charge on any atom is -0.344 e. The van der Waals surface area contributed by atoms with E-state index in [1.165, 1.54) is 0 Å². The third-order valence-electron chi connectivity index (χ3n) is 2.53. The Kier molecular flexibility index (Phi) is 3.14. The van der Waals surface area contributed by atoms with Crippen molar-refractivity contribution in [2.24, 2.45) is 0 Å². The molecule has 0 bridgehead atoms. The molecule has 0 radical (unpaired) electrons. The lowest BCUT2D eigenvalue weighted by Gasteiger charge is -2.03. The molecule has 0 atom stereocenters. The molecule has 96 valence electrons. The van der Waals surface area contributed by atoms with E-state index in [0.29, 0.717) is 28.9 Å². The minimum absolute atomic E-state index is 0.162. The summed E-state index contributed by atoms with van der Waals surface area (Å²) in [4.78, 5) is 24.6. The summed E-state index contributed by atoms with van der Waals surface area (Å²) in [7, 11) is 3.64. The number of nitrogens with zero attached hydrogens (tertiary/aromatic N) is 4. The molecular formula is C11H15N5O2. The molecule has 0 amide bonds. The molecular weight excluding hydrogens is 234 g/mol. The topological polar surface area (TPSA) is 87.9 Å². The van der Waals surface area contributed by atoms with Crippen LogP contribution in [0.3, 0.4) is 0 Å². The second-order valence-electron chi connectivity index (χ2n) is 4.27. The summed E-state index contributed by atoms with van der Waals surface area (Å²) in [6.07, 6.45) is 0.287. The van der Waals surface area contributed by atoms with Crippen LogP contribution in [-0.4, -0.2) is 34.2 Å². The van der Waals surface area contributed by atoms with E-state index < -0.39 is 0 Å². The van der Waals surface area contributed by atoms with Gasteiger partial charge in [-0.1, -0.05) is 0 Å². The molecule has 2 heterocycles. The first kappa shape index (κ1) is 12.3. The molecule has 0 aromatic carbocycles. The molecule has 0 fully saturated rings. The van der Waals surface area contributed by atoms with Crippen LogP contribution < -0.4 is 10.5 Å². The van der Waals surface area contributed by atoms with E-state index in [2.05, 4.69) is 20.1 Å². The van der Waals surface area contributed by atoms with Crippen molar-refractivity contribution in [3.63, 3.8) is 0 Å². The zero-order valence-corrected chi connectivity index (χ0v) is 10.8. The fourth-order valence-electron chi connectivity index (χ4n) is 1.61. The summed E-state index contributed by atoms with van der Waals surface area (Å²) in [6, 6.07) is 0. The van der Waals surface area contributed by atoms with E-state index in [4.69, 9.17) is 4.52 Å². The van der Waals surface area contributed by atoms with Crippen molar-refractivity contribution in [3.05, 3.63) is 33.3 Å². The quantitative estimate of drug-likeness (QED) is 0.848. The highest BCUT2D eigenvalue weighted by Gasteiger charge is 2.13. The number of rotatable bonds is 3. The highest BCUT2D eigenvalue weighted by molar-refractivity contribution is 5.26. The Morgan fingerprint density at radius 1 is 1.28 bits per heavy atom. The Labute approximate surface area is 104 Å². The van der Waals surface area contributed by atoms with Gasteiger partial charge in [-0.3, -0.25) is 4.79 Å². The van der Waals surface area contributed by atoms with Gasteiger partial charge >= 0.3 is 0 Å². The fourth-order valence-corrected chi connectivity index (χ4v) is 1.61. The molecule has 1 N–H and O–H groups in total. The summed E-state index contributed by atoms with van der Waals surface area (Å²) in [5.74, 6) is 1.48. The normalized spacial score (nSPS) is 10.7. The Morgan fingerprint density at radius 2 is 2.00 bits per heavy atom. The number of aromatic nitrogens is 4. The second kappa shape index (κ2) is 4.59. The largest absolute Gasteiger partial charge is 0.344 e. The molecule has 0 spiro atoms. The summed E-state index contributed by atoms with van der Waals surface area (Å²) < 4.78 is 5.09. The molecule has 0 saturated carbocycles. The highest BCUT2D eigenvalue weighted by atomic mass is 16.5. The monoisotopic (exact) mass is 249 g/mol. The lowest BCUT2D eigenvalue weighted by Crippen LogP contribution is -2.18. The van der Waals surface area contributed by atoms with Crippen molar-refractivity contribution in [1.29, 1.82) is 0 Å². The second-order valence-corrected chi connectivity index (χ2v) is 4.27. The predicted molar refractivity (Wildman–Crippen MR) is 65.8 cm³/mol. The van der Waals surface area contributed by atoms with E-state index in [1.807, 2.05) is 14.1 Å². The molecule has 7 nitrogen and oxygen atoms in total. The summed E-state index contributed by atoms with van der Waals surface area (Å²) in [5.41, 5.74) is 1.07. The van der Waals surface area contributed by atoms with Gasteiger partial charge in [0.2, 0.25) is 5.89 Å². The van der Waals surface area contributed by atoms with Crippen LogP contribution >= 0.6 is 0 Å². The van der Waals surface area contributed by atoms with Crippen molar-refractivity contribution in [2.75, 3.05) is 19.0 Å². The molecule has 2 aromatic heterocycles. The third-order valence-corrected chi connectivity index (χ3v) is 2.53. The Morgan fingerprint density at radius 3 is 2.56 bits per heavy atom. The number of nitrogens with one attached hydrogen (secondary N) is 1. The first-order valence-corrected chi connectivity index (χ1v) is 5.53. The summed E-state index contributed by atoms with van der Waals surface area (Å²) in [6.45, 7) is 3.54. The van der Waals surface area contributed by atoms with Gasteiger partial charge in [0, 0.05) is 25.4 Å². The number of H-pyrrole nitrogens is 1. The average Bonchev–Trinajstić information content (AvgIpc) is 2.71. The Hall–Kier alpha value is -2.18. The molecule has 0 aliphatic heterocycles. The minimum atomic E-state index is -0.162. The van der Waals surface area contributed by atoms with Crippen LogP contribution in [0.4, 0.5) is 5.95 Å². The number of hydrogen-bond acceptors (Lipinski definition) is 6. The van der Waals surface area contributed by atoms with E-state index in [9.17, 15) is 4.79 Å². The predicted octanol–water partition coefficient (Wildman–Crippen LogP) is 0.427. The molecule has 18 heavy (non-hydrogen) atoms. The maximum atomic E-state index is 11.8. The van der Waals surface area contributed by atoms with Crippen molar-refractivity contribution in [2.45, 2.75) is 20.3 Å². The van der Waals surface area contributed by atoms with Crippen molar-refractivity contribution in [3.8, 4) is 0 Å². The fraction of sp³-hybridized carbons (Fsp3) is 0.455. The van der Waals surface area contributed by atoms with Gasteiger partial charge in [0.1, 0.15) is 5.82 Å². The first-order valence-electron chi connectivity index (χ1n) is 5.53.